The second-order valence-electron chi connectivity index (χ2n) is 10.4. The highest BCUT2D eigenvalue weighted by Gasteiger charge is 2.32. The van der Waals surface area contributed by atoms with Gasteiger partial charge in [-0.1, -0.05) is 31.5 Å². The van der Waals surface area contributed by atoms with Crippen LogP contribution in [-0.2, 0) is 0 Å². The molecule has 0 saturated heterocycles. The Bertz CT molecular complexity index is 1740. The summed E-state index contributed by atoms with van der Waals surface area (Å²) in [6.07, 6.45) is 1.95. The highest BCUT2D eigenvalue weighted by atomic mass is 16.5. The van der Waals surface area contributed by atoms with Gasteiger partial charge in [-0.25, -0.2) is 4.79 Å². The van der Waals surface area contributed by atoms with E-state index in [2.05, 4.69) is 19.1 Å². The topological polar surface area (TPSA) is 117 Å². The number of hydrogen-bond acceptors (Lipinski definition) is 8. The second-order valence-corrected chi connectivity index (χ2v) is 10.4. The minimum absolute atomic E-state index is 0.0151. The number of esters is 1. The molecule has 0 amide bonds. The van der Waals surface area contributed by atoms with Gasteiger partial charge in [0.2, 0.25) is 11.6 Å². The highest BCUT2D eigenvalue weighted by Crippen LogP contribution is 2.45. The predicted molar refractivity (Wildman–Crippen MR) is 159 cm³/mol. The molecule has 1 aliphatic heterocycles. The smallest absolute Gasteiger partial charge is 0.379 e. The molecule has 0 radical (unpaired) electrons. The van der Waals surface area contributed by atoms with Gasteiger partial charge in [-0.05, 0) is 75.1 Å². The first-order valence-corrected chi connectivity index (χ1v) is 14.1. The minimum Gasteiger partial charge on any atom is -0.490 e. The maximum atomic E-state index is 13.2. The molecule has 216 valence electrons. The van der Waals surface area contributed by atoms with Crippen LogP contribution in [0.1, 0.15) is 71.0 Å². The van der Waals surface area contributed by atoms with E-state index in [0.717, 1.165) is 40.5 Å². The third-order valence-corrected chi connectivity index (χ3v) is 7.31. The molecule has 0 fully saturated rings. The number of fused-ring (bicyclic) bond motifs is 2. The van der Waals surface area contributed by atoms with E-state index in [1.165, 1.54) is 0 Å². The van der Waals surface area contributed by atoms with Crippen molar-refractivity contribution in [2.45, 2.75) is 53.4 Å². The fourth-order valence-corrected chi connectivity index (χ4v) is 5.40. The van der Waals surface area contributed by atoms with E-state index >= 15 is 0 Å². The lowest BCUT2D eigenvalue weighted by molar-refractivity contribution is 0.0702. The van der Waals surface area contributed by atoms with Crippen LogP contribution in [0.2, 0.25) is 0 Å². The molecule has 0 saturated carbocycles. The van der Waals surface area contributed by atoms with Gasteiger partial charge in [0.05, 0.1) is 19.1 Å². The van der Waals surface area contributed by atoms with Crippen LogP contribution < -0.4 is 24.7 Å². The van der Waals surface area contributed by atoms with Crippen molar-refractivity contribution >= 4 is 16.9 Å². The Hall–Kier alpha value is -4.90. The zero-order chi connectivity index (χ0) is 30.0. The number of allylic oxidation sites excluding steroid dienone is 1. The van der Waals surface area contributed by atoms with Crippen LogP contribution in [0.5, 0.6) is 23.0 Å². The Morgan fingerprint density at radius 3 is 2.57 bits per heavy atom. The zero-order valence-electron chi connectivity index (χ0n) is 24.5. The maximum absolute atomic E-state index is 13.2. The molecule has 1 aliphatic rings. The predicted octanol–water partition coefficient (Wildman–Crippen LogP) is 7.37. The summed E-state index contributed by atoms with van der Waals surface area (Å²) >= 11 is 0. The number of nitriles is 1. The van der Waals surface area contributed by atoms with E-state index in [1.54, 1.807) is 18.2 Å². The molecule has 42 heavy (non-hydrogen) atoms. The summed E-state index contributed by atoms with van der Waals surface area (Å²) in [6.45, 7) is 10.9. The Kier molecular flexibility index (Phi) is 8.12. The third-order valence-electron chi connectivity index (χ3n) is 7.31. The van der Waals surface area contributed by atoms with Gasteiger partial charge in [-0.2, -0.15) is 5.26 Å². The Labute approximate surface area is 245 Å². The highest BCUT2D eigenvalue weighted by molar-refractivity contribution is 5.98. The van der Waals surface area contributed by atoms with Crippen LogP contribution in [0.15, 0.2) is 64.4 Å². The molecule has 3 aromatic carbocycles. The SMILES string of the molecule is CCCCOc1ccc(C2C(C#N)=C(N)Oc3cc(OC(=O)c4oc5cc(C)cc(C)c5c4C)ccc32)cc1OCC. The van der Waals surface area contributed by atoms with Crippen molar-refractivity contribution in [3.05, 3.63) is 93.6 Å². The third kappa shape index (κ3) is 5.38. The van der Waals surface area contributed by atoms with Gasteiger partial charge in [-0.15, -0.1) is 0 Å². The molecule has 4 aromatic rings. The van der Waals surface area contributed by atoms with E-state index in [9.17, 15) is 10.1 Å². The largest absolute Gasteiger partial charge is 0.490 e. The fourth-order valence-electron chi connectivity index (χ4n) is 5.40. The minimum atomic E-state index is -0.616. The Morgan fingerprint density at radius 2 is 1.83 bits per heavy atom. The van der Waals surface area contributed by atoms with Crippen LogP contribution in [0.3, 0.4) is 0 Å². The number of carbonyl (C=O) groups excluding carboxylic acids is 1. The van der Waals surface area contributed by atoms with E-state index < -0.39 is 11.9 Å². The summed E-state index contributed by atoms with van der Waals surface area (Å²) in [7, 11) is 0. The van der Waals surface area contributed by atoms with Gasteiger partial charge in [-0.3, -0.25) is 0 Å². The molecule has 8 nitrogen and oxygen atoms in total. The summed E-state index contributed by atoms with van der Waals surface area (Å²) in [4.78, 5) is 13.2. The number of aryl methyl sites for hydroxylation is 3. The van der Waals surface area contributed by atoms with Gasteiger partial charge >= 0.3 is 5.97 Å². The number of carbonyl (C=O) groups is 1. The average Bonchev–Trinajstić information content (AvgIpc) is 3.29. The van der Waals surface area contributed by atoms with Crippen molar-refractivity contribution in [1.82, 2.24) is 0 Å². The van der Waals surface area contributed by atoms with E-state index in [1.807, 2.05) is 52.0 Å². The Morgan fingerprint density at radius 1 is 1.02 bits per heavy atom. The van der Waals surface area contributed by atoms with Crippen LogP contribution in [0.4, 0.5) is 0 Å². The summed E-state index contributed by atoms with van der Waals surface area (Å²) < 4.78 is 29.3. The maximum Gasteiger partial charge on any atom is 0.379 e. The molecule has 2 N–H and O–H groups in total. The zero-order valence-corrected chi connectivity index (χ0v) is 24.5. The van der Waals surface area contributed by atoms with Gasteiger partial charge in [0.25, 0.3) is 0 Å². The molecular formula is C34H34N2O6. The van der Waals surface area contributed by atoms with Crippen molar-refractivity contribution in [3.8, 4) is 29.1 Å². The van der Waals surface area contributed by atoms with E-state index in [-0.39, 0.29) is 23.0 Å². The number of unbranched alkanes of at least 4 members (excludes halogenated alkanes) is 1. The number of furan rings is 1. The van der Waals surface area contributed by atoms with Crippen molar-refractivity contribution in [2.75, 3.05) is 13.2 Å². The quantitative estimate of drug-likeness (QED) is 0.127. The summed E-state index contributed by atoms with van der Waals surface area (Å²) in [6, 6.07) is 16.8. The molecule has 5 rings (SSSR count). The monoisotopic (exact) mass is 566 g/mol. The molecule has 8 heteroatoms. The molecule has 0 aliphatic carbocycles. The lowest BCUT2D eigenvalue weighted by Crippen LogP contribution is -2.21. The standard InChI is InChI=1S/C34H34N2O6/c1-6-8-13-39-26-12-9-22(16-28(26)38-7-2)31-24-11-10-23(17-27(24)42-33(36)25(31)18-35)40-34(37)32-21(5)30-20(4)14-19(3)15-29(30)41-32/h9-12,14-17,31H,6-8,13,36H2,1-5H3. The van der Waals surface area contributed by atoms with E-state index in [0.29, 0.717) is 41.6 Å². The molecule has 1 atom stereocenters. The lowest BCUT2D eigenvalue weighted by atomic mass is 9.83. The first kappa shape index (κ1) is 28.6. The molecule has 1 aromatic heterocycles. The molecule has 0 spiro atoms. The van der Waals surface area contributed by atoms with Gasteiger partial charge in [0.1, 0.15) is 28.7 Å². The average molecular weight is 567 g/mol. The van der Waals surface area contributed by atoms with Crippen molar-refractivity contribution in [2.24, 2.45) is 5.73 Å². The van der Waals surface area contributed by atoms with Crippen LogP contribution in [0, 0.1) is 32.1 Å². The van der Waals surface area contributed by atoms with Crippen LogP contribution in [0.25, 0.3) is 11.0 Å². The number of nitrogens with zero attached hydrogens (tertiary/aromatic N) is 1. The summed E-state index contributed by atoms with van der Waals surface area (Å²) in [5.74, 6) is 0.872. The number of benzene rings is 3. The van der Waals surface area contributed by atoms with Crippen molar-refractivity contribution in [1.29, 1.82) is 5.26 Å². The summed E-state index contributed by atoms with van der Waals surface area (Å²) in [5, 5.41) is 10.9. The normalized spacial score (nSPS) is 14.2. The summed E-state index contributed by atoms with van der Waals surface area (Å²) in [5.41, 5.74) is 11.4. The first-order valence-electron chi connectivity index (χ1n) is 14.1. The van der Waals surface area contributed by atoms with Crippen molar-refractivity contribution < 1.29 is 28.2 Å². The fraction of sp³-hybridized carbons (Fsp3) is 0.294. The van der Waals surface area contributed by atoms with Gasteiger partial charge in [0, 0.05) is 22.6 Å². The number of nitrogens with two attached hydrogens (primary N) is 1. The van der Waals surface area contributed by atoms with Gasteiger partial charge < -0.3 is 29.1 Å². The molecular weight excluding hydrogens is 532 g/mol. The van der Waals surface area contributed by atoms with Crippen LogP contribution in [-0.4, -0.2) is 19.2 Å². The first-order chi connectivity index (χ1) is 20.2. The van der Waals surface area contributed by atoms with E-state index in [4.69, 9.17) is 29.1 Å². The van der Waals surface area contributed by atoms with Crippen LogP contribution >= 0.6 is 0 Å². The van der Waals surface area contributed by atoms with Gasteiger partial charge in [0.15, 0.2) is 11.5 Å². The molecule has 2 heterocycles. The lowest BCUT2D eigenvalue weighted by Gasteiger charge is -2.27. The Balaban J connectivity index is 1.47. The number of rotatable bonds is 9. The number of hydrogen-bond donors (Lipinski definition) is 1. The second kappa shape index (κ2) is 11.9. The number of ether oxygens (including phenoxy) is 4. The molecule has 0 bridgehead atoms. The van der Waals surface area contributed by atoms with Crippen molar-refractivity contribution in [3.63, 3.8) is 0 Å². The molecule has 1 unspecified atom stereocenters.